The van der Waals surface area contributed by atoms with E-state index in [2.05, 4.69) is 0 Å². The third kappa shape index (κ3) is 3.60. The van der Waals surface area contributed by atoms with E-state index in [1.807, 2.05) is 66.7 Å². The second-order valence-corrected chi connectivity index (χ2v) is 4.60. The van der Waals surface area contributed by atoms with Crippen molar-refractivity contribution in [2.75, 3.05) is 0 Å². The molecular formula is C18H15NO3. The lowest BCUT2D eigenvalue weighted by molar-refractivity contribution is -0.159. The van der Waals surface area contributed by atoms with E-state index in [1.165, 1.54) is 6.92 Å². The molecule has 0 amide bonds. The van der Waals surface area contributed by atoms with Crippen molar-refractivity contribution in [2.24, 2.45) is 0 Å². The Labute approximate surface area is 128 Å². The summed E-state index contributed by atoms with van der Waals surface area (Å²) in [6, 6.07) is 20.2. The summed E-state index contributed by atoms with van der Waals surface area (Å²) in [6.45, 7) is 1.32. The van der Waals surface area contributed by atoms with Crippen LogP contribution in [0.15, 0.2) is 66.2 Å². The van der Waals surface area contributed by atoms with Gasteiger partial charge in [0.25, 0.3) is 0 Å². The van der Waals surface area contributed by atoms with E-state index in [0.717, 1.165) is 11.1 Å². The minimum Gasteiger partial charge on any atom is -0.432 e. The number of hydrogen-bond donors (Lipinski definition) is 1. The van der Waals surface area contributed by atoms with Gasteiger partial charge in [-0.2, -0.15) is 5.26 Å². The van der Waals surface area contributed by atoms with Crippen LogP contribution in [0, 0.1) is 11.3 Å². The fourth-order valence-corrected chi connectivity index (χ4v) is 2.08. The standard InChI is InChI=1S/C18H15NO3/c1-13(20)22-18(21)16(12-19)17(14-8-4-2-5-9-14)15-10-6-3-7-11-15/h2-11,13,20H,1H3. The lowest BCUT2D eigenvalue weighted by atomic mass is 9.93. The summed E-state index contributed by atoms with van der Waals surface area (Å²) >= 11 is 0. The molecule has 0 aliphatic heterocycles. The van der Waals surface area contributed by atoms with Gasteiger partial charge in [0.2, 0.25) is 0 Å². The van der Waals surface area contributed by atoms with Crippen LogP contribution in [0.4, 0.5) is 0 Å². The number of hydrogen-bond acceptors (Lipinski definition) is 4. The van der Waals surface area contributed by atoms with Gasteiger partial charge in [0.15, 0.2) is 6.29 Å². The van der Waals surface area contributed by atoms with Gasteiger partial charge in [-0.05, 0) is 18.1 Å². The van der Waals surface area contributed by atoms with E-state index in [0.29, 0.717) is 5.57 Å². The third-order valence-electron chi connectivity index (χ3n) is 2.97. The van der Waals surface area contributed by atoms with E-state index < -0.39 is 12.3 Å². The summed E-state index contributed by atoms with van der Waals surface area (Å²) in [5.41, 5.74) is 1.80. The van der Waals surface area contributed by atoms with Gasteiger partial charge >= 0.3 is 5.97 Å². The maximum absolute atomic E-state index is 12.1. The van der Waals surface area contributed by atoms with Crippen LogP contribution in [0.25, 0.3) is 5.57 Å². The molecule has 0 fully saturated rings. The van der Waals surface area contributed by atoms with Crippen molar-refractivity contribution in [3.63, 3.8) is 0 Å². The monoisotopic (exact) mass is 293 g/mol. The molecular weight excluding hydrogens is 278 g/mol. The fourth-order valence-electron chi connectivity index (χ4n) is 2.08. The van der Waals surface area contributed by atoms with Crippen molar-refractivity contribution < 1.29 is 14.6 Å². The molecule has 1 N–H and O–H groups in total. The van der Waals surface area contributed by atoms with Gasteiger partial charge in [-0.3, -0.25) is 0 Å². The Morgan fingerprint density at radius 2 is 1.50 bits per heavy atom. The highest BCUT2D eigenvalue weighted by Crippen LogP contribution is 2.27. The molecule has 110 valence electrons. The molecule has 0 radical (unpaired) electrons. The molecule has 0 saturated carbocycles. The Bertz CT molecular complexity index is 672. The Morgan fingerprint density at radius 3 is 1.86 bits per heavy atom. The molecule has 2 aromatic rings. The van der Waals surface area contributed by atoms with Crippen LogP contribution in [0.2, 0.25) is 0 Å². The van der Waals surface area contributed by atoms with E-state index in [9.17, 15) is 15.2 Å². The van der Waals surface area contributed by atoms with Crippen molar-refractivity contribution in [3.8, 4) is 6.07 Å². The molecule has 2 rings (SSSR count). The highest BCUT2D eigenvalue weighted by atomic mass is 16.6. The number of benzene rings is 2. The molecule has 0 aromatic heterocycles. The van der Waals surface area contributed by atoms with E-state index in [4.69, 9.17) is 4.74 Å². The Hall–Kier alpha value is -2.90. The second kappa shape index (κ2) is 7.21. The predicted octanol–water partition coefficient (Wildman–Crippen LogP) is 2.89. The number of nitriles is 1. The first-order chi connectivity index (χ1) is 10.6. The summed E-state index contributed by atoms with van der Waals surface area (Å²) < 4.78 is 4.76. The fraction of sp³-hybridized carbons (Fsp3) is 0.111. The Morgan fingerprint density at radius 1 is 1.05 bits per heavy atom. The number of aliphatic hydroxyl groups is 1. The van der Waals surface area contributed by atoms with Crippen LogP contribution >= 0.6 is 0 Å². The average molecular weight is 293 g/mol. The molecule has 4 nitrogen and oxygen atoms in total. The number of carbonyl (C=O) groups is 1. The van der Waals surface area contributed by atoms with Crippen LogP contribution in [-0.2, 0) is 9.53 Å². The van der Waals surface area contributed by atoms with Crippen LogP contribution in [0.5, 0.6) is 0 Å². The maximum Gasteiger partial charge on any atom is 0.351 e. The molecule has 0 aliphatic carbocycles. The van der Waals surface area contributed by atoms with Crippen LogP contribution in [-0.4, -0.2) is 17.4 Å². The van der Waals surface area contributed by atoms with Gasteiger partial charge in [0, 0.05) is 5.57 Å². The number of aliphatic hydroxyl groups excluding tert-OH is 1. The number of rotatable bonds is 4. The molecule has 2 aromatic carbocycles. The number of esters is 1. The molecule has 0 spiro atoms. The smallest absolute Gasteiger partial charge is 0.351 e. The third-order valence-corrected chi connectivity index (χ3v) is 2.97. The van der Waals surface area contributed by atoms with Crippen molar-refractivity contribution in [2.45, 2.75) is 13.2 Å². The van der Waals surface area contributed by atoms with Gasteiger partial charge in [-0.15, -0.1) is 0 Å². The maximum atomic E-state index is 12.1. The first kappa shape index (κ1) is 15.5. The average Bonchev–Trinajstić information content (AvgIpc) is 2.53. The highest BCUT2D eigenvalue weighted by Gasteiger charge is 2.20. The Balaban J connectivity index is 2.64. The highest BCUT2D eigenvalue weighted by molar-refractivity contribution is 6.05. The van der Waals surface area contributed by atoms with Crippen molar-refractivity contribution >= 4 is 11.5 Å². The van der Waals surface area contributed by atoms with Gasteiger partial charge in [-0.1, -0.05) is 60.7 Å². The summed E-state index contributed by atoms with van der Waals surface area (Å²) in [5, 5.41) is 18.6. The van der Waals surface area contributed by atoms with E-state index in [1.54, 1.807) is 0 Å². The zero-order valence-corrected chi connectivity index (χ0v) is 12.1. The zero-order chi connectivity index (χ0) is 15.9. The summed E-state index contributed by atoms with van der Waals surface area (Å²) in [4.78, 5) is 12.1. The van der Waals surface area contributed by atoms with Crippen LogP contribution in [0.3, 0.4) is 0 Å². The Kier molecular flexibility index (Phi) is 5.07. The molecule has 0 bridgehead atoms. The molecule has 1 unspecified atom stereocenters. The van der Waals surface area contributed by atoms with Crippen molar-refractivity contribution in [1.29, 1.82) is 5.26 Å². The van der Waals surface area contributed by atoms with Gasteiger partial charge in [-0.25, -0.2) is 4.79 Å². The molecule has 22 heavy (non-hydrogen) atoms. The lowest BCUT2D eigenvalue weighted by Crippen LogP contribution is -2.16. The van der Waals surface area contributed by atoms with Crippen LogP contribution < -0.4 is 0 Å². The van der Waals surface area contributed by atoms with Gasteiger partial charge in [0.05, 0.1) is 0 Å². The number of nitrogens with zero attached hydrogens (tertiary/aromatic N) is 1. The van der Waals surface area contributed by atoms with Gasteiger partial charge in [0.1, 0.15) is 11.6 Å². The van der Waals surface area contributed by atoms with Crippen LogP contribution in [0.1, 0.15) is 18.1 Å². The topological polar surface area (TPSA) is 70.3 Å². The largest absolute Gasteiger partial charge is 0.432 e. The van der Waals surface area contributed by atoms with E-state index in [-0.39, 0.29) is 5.57 Å². The molecule has 0 saturated heterocycles. The summed E-state index contributed by atoms with van der Waals surface area (Å²) in [6.07, 6.45) is -1.27. The van der Waals surface area contributed by atoms with Gasteiger partial charge < -0.3 is 9.84 Å². The molecule has 1 atom stereocenters. The number of carbonyl (C=O) groups excluding carboxylic acids is 1. The predicted molar refractivity (Wildman–Crippen MR) is 82.3 cm³/mol. The zero-order valence-electron chi connectivity index (χ0n) is 12.1. The number of ether oxygens (including phenoxy) is 1. The normalized spacial score (nSPS) is 11.1. The first-order valence-electron chi connectivity index (χ1n) is 6.77. The minimum absolute atomic E-state index is 0.140. The summed E-state index contributed by atoms with van der Waals surface area (Å²) in [7, 11) is 0. The molecule has 0 heterocycles. The van der Waals surface area contributed by atoms with Crippen molar-refractivity contribution in [3.05, 3.63) is 77.4 Å². The first-order valence-corrected chi connectivity index (χ1v) is 6.77. The van der Waals surface area contributed by atoms with E-state index >= 15 is 0 Å². The lowest BCUT2D eigenvalue weighted by Gasteiger charge is -2.12. The SMILES string of the molecule is CC(O)OC(=O)C(C#N)=C(c1ccccc1)c1ccccc1. The molecule has 0 aliphatic rings. The van der Waals surface area contributed by atoms with Crippen molar-refractivity contribution in [1.82, 2.24) is 0 Å². The quantitative estimate of drug-likeness (QED) is 0.407. The minimum atomic E-state index is -1.27. The molecule has 4 heteroatoms. The summed E-state index contributed by atoms with van der Waals surface area (Å²) in [5.74, 6) is -0.847. The second-order valence-electron chi connectivity index (χ2n) is 4.60.